The Balaban J connectivity index is 2.18. The van der Waals surface area contributed by atoms with Crippen molar-refractivity contribution < 1.29 is 14.3 Å². The van der Waals surface area contributed by atoms with Crippen molar-refractivity contribution in [3.05, 3.63) is 47.8 Å². The van der Waals surface area contributed by atoms with E-state index in [1.807, 2.05) is 12.1 Å². The summed E-state index contributed by atoms with van der Waals surface area (Å²) in [6.07, 6.45) is 3.34. The minimum absolute atomic E-state index is 0.283. The lowest BCUT2D eigenvalue weighted by molar-refractivity contribution is 0.0951. The number of rotatable bonds is 5. The number of nitrogens with one attached hydrogen (secondary N) is 1. The number of carbonyl (C=O) groups excluding carboxylic acids is 1. The third-order valence-electron chi connectivity index (χ3n) is 3.02. The molecule has 0 atom stereocenters. The van der Waals surface area contributed by atoms with Crippen LogP contribution >= 0.6 is 0 Å². The highest BCUT2D eigenvalue weighted by Gasteiger charge is 2.15. The average Bonchev–Trinajstić information content (AvgIpc) is 2.53. The molecule has 0 unspecified atom stereocenters. The van der Waals surface area contributed by atoms with Crippen molar-refractivity contribution in [2.75, 3.05) is 20.0 Å². The van der Waals surface area contributed by atoms with E-state index in [4.69, 9.17) is 15.2 Å². The van der Waals surface area contributed by atoms with Gasteiger partial charge in [-0.2, -0.15) is 0 Å². The molecule has 1 aromatic heterocycles. The molecule has 6 heteroatoms. The van der Waals surface area contributed by atoms with Gasteiger partial charge in [-0.25, -0.2) is 0 Å². The lowest BCUT2D eigenvalue weighted by Crippen LogP contribution is -2.24. The Labute approximate surface area is 122 Å². The van der Waals surface area contributed by atoms with Crippen LogP contribution < -0.4 is 20.5 Å². The van der Waals surface area contributed by atoms with Crippen LogP contribution in [0.2, 0.25) is 0 Å². The van der Waals surface area contributed by atoms with Crippen molar-refractivity contribution in [2.45, 2.75) is 6.54 Å². The van der Waals surface area contributed by atoms with Gasteiger partial charge in [0.1, 0.15) is 11.5 Å². The number of anilines is 1. The molecule has 0 fully saturated rings. The first kappa shape index (κ1) is 14.6. The van der Waals surface area contributed by atoms with Crippen molar-refractivity contribution in [3.63, 3.8) is 0 Å². The number of amides is 1. The summed E-state index contributed by atoms with van der Waals surface area (Å²) in [5, 5.41) is 2.80. The Morgan fingerprint density at radius 3 is 2.57 bits per heavy atom. The van der Waals surface area contributed by atoms with Gasteiger partial charge in [0.25, 0.3) is 5.91 Å². The summed E-state index contributed by atoms with van der Waals surface area (Å²) in [4.78, 5) is 16.2. The summed E-state index contributed by atoms with van der Waals surface area (Å²) >= 11 is 0. The van der Waals surface area contributed by atoms with Crippen LogP contribution in [-0.4, -0.2) is 25.1 Å². The number of aromatic nitrogens is 1. The summed E-state index contributed by atoms with van der Waals surface area (Å²) in [5.74, 6) is 0.625. The molecule has 2 aromatic rings. The summed E-state index contributed by atoms with van der Waals surface area (Å²) in [5.41, 5.74) is 7.49. The zero-order valence-corrected chi connectivity index (χ0v) is 11.9. The number of benzene rings is 1. The molecule has 110 valence electrons. The Kier molecular flexibility index (Phi) is 4.61. The first-order valence-electron chi connectivity index (χ1n) is 6.34. The molecule has 1 heterocycles. The van der Waals surface area contributed by atoms with Crippen LogP contribution in [0.1, 0.15) is 15.9 Å². The van der Waals surface area contributed by atoms with E-state index in [1.165, 1.54) is 14.2 Å². The van der Waals surface area contributed by atoms with Crippen LogP contribution in [0.15, 0.2) is 36.7 Å². The average molecular weight is 287 g/mol. The topological polar surface area (TPSA) is 86.5 Å². The van der Waals surface area contributed by atoms with E-state index in [1.54, 1.807) is 24.5 Å². The number of nitrogens with two attached hydrogens (primary N) is 1. The summed E-state index contributed by atoms with van der Waals surface area (Å²) < 4.78 is 10.3. The molecule has 0 aliphatic carbocycles. The summed E-state index contributed by atoms with van der Waals surface area (Å²) in [7, 11) is 3.01. The van der Waals surface area contributed by atoms with Gasteiger partial charge in [-0.1, -0.05) is 0 Å². The smallest absolute Gasteiger partial charge is 0.253 e. The second-order valence-electron chi connectivity index (χ2n) is 4.33. The number of hydrogen-bond acceptors (Lipinski definition) is 5. The predicted molar refractivity (Wildman–Crippen MR) is 79.4 cm³/mol. The van der Waals surface area contributed by atoms with Gasteiger partial charge < -0.3 is 20.5 Å². The number of ether oxygens (including phenoxy) is 2. The maximum absolute atomic E-state index is 12.3. The SMILES string of the molecule is COc1cc(OC)c(N)c(C(=O)NCc2ccncc2)c1. The normalized spacial score (nSPS) is 10.0. The minimum Gasteiger partial charge on any atom is -0.497 e. The molecule has 0 aliphatic rings. The molecule has 0 saturated carbocycles. The van der Waals surface area contributed by atoms with Crippen molar-refractivity contribution in [2.24, 2.45) is 0 Å². The summed E-state index contributed by atoms with van der Waals surface area (Å²) in [6, 6.07) is 6.88. The maximum atomic E-state index is 12.3. The zero-order valence-electron chi connectivity index (χ0n) is 11.9. The van der Waals surface area contributed by atoms with Crippen LogP contribution in [0.5, 0.6) is 11.5 Å². The number of methoxy groups -OCH3 is 2. The van der Waals surface area contributed by atoms with Gasteiger partial charge in [0, 0.05) is 25.0 Å². The molecular formula is C15H17N3O3. The predicted octanol–water partition coefficient (Wildman–Crippen LogP) is 1.61. The molecule has 1 aromatic carbocycles. The largest absolute Gasteiger partial charge is 0.497 e. The van der Waals surface area contributed by atoms with Crippen LogP contribution in [0, 0.1) is 0 Å². The Bertz CT molecular complexity index is 630. The molecular weight excluding hydrogens is 270 g/mol. The lowest BCUT2D eigenvalue weighted by Gasteiger charge is -2.13. The first-order chi connectivity index (χ1) is 10.2. The van der Waals surface area contributed by atoms with Gasteiger partial charge in [0.15, 0.2) is 0 Å². The first-order valence-corrected chi connectivity index (χ1v) is 6.34. The van der Waals surface area contributed by atoms with Crippen LogP contribution in [0.4, 0.5) is 5.69 Å². The van der Waals surface area contributed by atoms with E-state index in [2.05, 4.69) is 10.3 Å². The molecule has 1 amide bonds. The molecule has 21 heavy (non-hydrogen) atoms. The molecule has 6 nitrogen and oxygen atoms in total. The monoisotopic (exact) mass is 287 g/mol. The summed E-state index contributed by atoms with van der Waals surface area (Å²) in [6.45, 7) is 0.389. The minimum atomic E-state index is -0.290. The fourth-order valence-electron chi connectivity index (χ4n) is 1.85. The quantitative estimate of drug-likeness (QED) is 0.816. The molecule has 0 saturated heterocycles. The maximum Gasteiger partial charge on any atom is 0.253 e. The second-order valence-corrected chi connectivity index (χ2v) is 4.33. The van der Waals surface area contributed by atoms with E-state index >= 15 is 0 Å². The van der Waals surface area contributed by atoms with Crippen LogP contribution in [0.3, 0.4) is 0 Å². The van der Waals surface area contributed by atoms with E-state index in [9.17, 15) is 4.79 Å². The number of nitrogen functional groups attached to an aromatic ring is 1. The van der Waals surface area contributed by atoms with E-state index in [0.29, 0.717) is 23.6 Å². The van der Waals surface area contributed by atoms with Gasteiger partial charge in [0.2, 0.25) is 0 Å². The standard InChI is InChI=1S/C15H17N3O3/c1-20-11-7-12(14(16)13(8-11)21-2)15(19)18-9-10-3-5-17-6-4-10/h3-8H,9,16H2,1-2H3,(H,18,19). The van der Waals surface area contributed by atoms with E-state index in [-0.39, 0.29) is 11.6 Å². The number of hydrogen-bond donors (Lipinski definition) is 2. The lowest BCUT2D eigenvalue weighted by atomic mass is 10.1. The Morgan fingerprint density at radius 1 is 1.24 bits per heavy atom. The van der Waals surface area contributed by atoms with Crippen molar-refractivity contribution in [3.8, 4) is 11.5 Å². The van der Waals surface area contributed by atoms with Crippen molar-refractivity contribution >= 4 is 11.6 Å². The fourth-order valence-corrected chi connectivity index (χ4v) is 1.85. The molecule has 0 bridgehead atoms. The highest BCUT2D eigenvalue weighted by Crippen LogP contribution is 2.30. The van der Waals surface area contributed by atoms with Crippen molar-refractivity contribution in [1.82, 2.24) is 10.3 Å². The third-order valence-corrected chi connectivity index (χ3v) is 3.02. The highest BCUT2D eigenvalue weighted by atomic mass is 16.5. The Morgan fingerprint density at radius 2 is 1.95 bits per heavy atom. The van der Waals surface area contributed by atoms with Gasteiger partial charge in [-0.15, -0.1) is 0 Å². The number of pyridine rings is 1. The number of carbonyl (C=O) groups is 1. The van der Waals surface area contributed by atoms with Gasteiger partial charge in [-0.3, -0.25) is 9.78 Å². The van der Waals surface area contributed by atoms with Gasteiger partial charge >= 0.3 is 0 Å². The molecule has 0 radical (unpaired) electrons. The highest BCUT2D eigenvalue weighted by molar-refractivity contribution is 6.00. The number of nitrogens with zero attached hydrogens (tertiary/aromatic N) is 1. The van der Waals surface area contributed by atoms with Crippen LogP contribution in [-0.2, 0) is 6.54 Å². The molecule has 2 rings (SSSR count). The van der Waals surface area contributed by atoms with Crippen LogP contribution in [0.25, 0.3) is 0 Å². The molecule has 0 spiro atoms. The van der Waals surface area contributed by atoms with E-state index in [0.717, 1.165) is 5.56 Å². The Hall–Kier alpha value is -2.76. The van der Waals surface area contributed by atoms with E-state index < -0.39 is 0 Å². The zero-order chi connectivity index (χ0) is 15.2. The fraction of sp³-hybridized carbons (Fsp3) is 0.200. The second kappa shape index (κ2) is 6.60. The van der Waals surface area contributed by atoms with Gasteiger partial charge in [-0.05, 0) is 23.8 Å². The van der Waals surface area contributed by atoms with Crippen molar-refractivity contribution in [1.29, 1.82) is 0 Å². The van der Waals surface area contributed by atoms with Gasteiger partial charge in [0.05, 0.1) is 25.5 Å². The third kappa shape index (κ3) is 3.42. The molecule has 3 N–H and O–H groups in total. The molecule has 0 aliphatic heterocycles.